The van der Waals surface area contributed by atoms with Crippen LogP contribution in [-0.2, 0) is 19.9 Å². The molecular weight excluding hydrogens is 314 g/mol. The highest BCUT2D eigenvalue weighted by Crippen LogP contribution is 2.27. The molecule has 6 nitrogen and oxygen atoms in total. The summed E-state index contributed by atoms with van der Waals surface area (Å²) in [7, 11) is 1.87. The molecule has 0 spiro atoms. The Morgan fingerprint density at radius 2 is 1.92 bits per heavy atom. The summed E-state index contributed by atoms with van der Waals surface area (Å²) >= 11 is 0. The van der Waals surface area contributed by atoms with E-state index in [0.29, 0.717) is 18.8 Å². The van der Waals surface area contributed by atoms with E-state index in [1.165, 1.54) is 5.56 Å². The minimum absolute atomic E-state index is 0.0527. The molecule has 6 heteroatoms. The van der Waals surface area contributed by atoms with Gasteiger partial charge in [0.1, 0.15) is 5.69 Å². The highest BCUT2D eigenvalue weighted by atomic mass is 16.2. The fourth-order valence-electron chi connectivity index (χ4n) is 3.52. The number of aromatic amines is 1. The first-order valence-electron chi connectivity index (χ1n) is 8.54. The number of fused-ring (bicyclic) bond motifs is 1. The zero-order chi connectivity index (χ0) is 17.4. The second-order valence-corrected chi connectivity index (χ2v) is 6.48. The van der Waals surface area contributed by atoms with Gasteiger partial charge in [0, 0.05) is 43.4 Å². The van der Waals surface area contributed by atoms with Crippen LogP contribution in [0.4, 0.5) is 0 Å². The topological polar surface area (TPSA) is 66.8 Å². The smallest absolute Gasteiger partial charge is 0.272 e. The molecule has 1 aliphatic rings. The van der Waals surface area contributed by atoms with E-state index in [9.17, 15) is 4.79 Å². The van der Waals surface area contributed by atoms with Crippen LogP contribution in [0.15, 0.2) is 36.7 Å². The Morgan fingerprint density at radius 1 is 1.16 bits per heavy atom. The number of benzene rings is 1. The van der Waals surface area contributed by atoms with Gasteiger partial charge in [0.15, 0.2) is 0 Å². The monoisotopic (exact) mass is 335 g/mol. The molecule has 0 saturated carbocycles. The summed E-state index contributed by atoms with van der Waals surface area (Å²) in [5.41, 5.74) is 5.93. The molecule has 1 aliphatic heterocycles. The summed E-state index contributed by atoms with van der Waals surface area (Å²) in [6.45, 7) is 3.26. The SMILES string of the molecule is Cc1ncn(C)c1C(=O)N1CCc2[nH]nc(-c3ccccc3)c2CC1. The van der Waals surface area contributed by atoms with Crippen LogP contribution >= 0.6 is 0 Å². The van der Waals surface area contributed by atoms with E-state index in [1.54, 1.807) is 10.9 Å². The highest BCUT2D eigenvalue weighted by molar-refractivity contribution is 5.93. The number of aromatic nitrogens is 4. The van der Waals surface area contributed by atoms with Gasteiger partial charge < -0.3 is 9.47 Å². The quantitative estimate of drug-likeness (QED) is 0.782. The van der Waals surface area contributed by atoms with Crippen LogP contribution in [0.1, 0.15) is 27.4 Å². The third kappa shape index (κ3) is 2.73. The number of hydrogen-bond donors (Lipinski definition) is 1. The Bertz CT molecular complexity index is 890. The highest BCUT2D eigenvalue weighted by Gasteiger charge is 2.26. The number of nitrogens with zero attached hydrogens (tertiary/aromatic N) is 4. The molecule has 0 unspecified atom stereocenters. The van der Waals surface area contributed by atoms with Gasteiger partial charge in [0.25, 0.3) is 5.91 Å². The summed E-state index contributed by atoms with van der Waals surface area (Å²) in [6.07, 6.45) is 3.29. The molecule has 1 N–H and O–H groups in total. The van der Waals surface area contributed by atoms with Crippen LogP contribution in [-0.4, -0.2) is 43.6 Å². The van der Waals surface area contributed by atoms with Crippen LogP contribution in [0.2, 0.25) is 0 Å². The fourth-order valence-corrected chi connectivity index (χ4v) is 3.52. The first-order chi connectivity index (χ1) is 12.1. The molecule has 0 radical (unpaired) electrons. The van der Waals surface area contributed by atoms with Crippen LogP contribution in [0, 0.1) is 6.92 Å². The maximum absolute atomic E-state index is 12.9. The third-order valence-corrected chi connectivity index (χ3v) is 4.87. The van der Waals surface area contributed by atoms with Crippen molar-refractivity contribution in [3.63, 3.8) is 0 Å². The van der Waals surface area contributed by atoms with Gasteiger partial charge >= 0.3 is 0 Å². The zero-order valence-corrected chi connectivity index (χ0v) is 14.5. The number of rotatable bonds is 2. The average molecular weight is 335 g/mol. The zero-order valence-electron chi connectivity index (χ0n) is 14.5. The first-order valence-corrected chi connectivity index (χ1v) is 8.54. The van der Waals surface area contributed by atoms with Crippen molar-refractivity contribution in [2.24, 2.45) is 7.05 Å². The van der Waals surface area contributed by atoms with Crippen LogP contribution < -0.4 is 0 Å². The van der Waals surface area contributed by atoms with Crippen molar-refractivity contribution in [1.29, 1.82) is 0 Å². The van der Waals surface area contributed by atoms with E-state index in [0.717, 1.165) is 35.5 Å². The Balaban J connectivity index is 1.59. The van der Waals surface area contributed by atoms with Crippen LogP contribution in [0.3, 0.4) is 0 Å². The number of aryl methyl sites for hydroxylation is 2. The summed E-state index contributed by atoms with van der Waals surface area (Å²) in [6, 6.07) is 10.2. The van der Waals surface area contributed by atoms with E-state index in [4.69, 9.17) is 0 Å². The third-order valence-electron chi connectivity index (χ3n) is 4.87. The second-order valence-electron chi connectivity index (χ2n) is 6.48. The number of nitrogens with one attached hydrogen (secondary N) is 1. The molecule has 2 aromatic heterocycles. The van der Waals surface area contributed by atoms with Gasteiger partial charge in [-0.2, -0.15) is 5.10 Å². The average Bonchev–Trinajstić information content (AvgIpc) is 3.11. The molecule has 3 aromatic rings. The van der Waals surface area contributed by atoms with E-state index in [2.05, 4.69) is 27.3 Å². The van der Waals surface area contributed by atoms with Gasteiger partial charge in [0.2, 0.25) is 0 Å². The number of hydrogen-bond acceptors (Lipinski definition) is 3. The number of H-pyrrole nitrogens is 1. The first kappa shape index (κ1) is 15.6. The molecule has 0 fully saturated rings. The number of imidazole rings is 1. The summed E-state index contributed by atoms with van der Waals surface area (Å²) < 4.78 is 1.80. The van der Waals surface area contributed by atoms with Gasteiger partial charge in [-0.1, -0.05) is 30.3 Å². The Hall–Kier alpha value is -2.89. The lowest BCUT2D eigenvalue weighted by atomic mass is 10.0. The molecule has 0 atom stereocenters. The molecule has 1 amide bonds. The molecule has 1 aromatic carbocycles. The van der Waals surface area contributed by atoms with Crippen LogP contribution in [0.5, 0.6) is 0 Å². The van der Waals surface area contributed by atoms with Gasteiger partial charge in [-0.3, -0.25) is 9.89 Å². The number of carbonyl (C=O) groups excluding carboxylic acids is 1. The molecule has 3 heterocycles. The normalized spacial score (nSPS) is 14.2. The summed E-state index contributed by atoms with van der Waals surface area (Å²) in [5, 5.41) is 7.69. The summed E-state index contributed by atoms with van der Waals surface area (Å²) in [5.74, 6) is 0.0527. The van der Waals surface area contributed by atoms with Crippen LogP contribution in [0.25, 0.3) is 11.3 Å². The van der Waals surface area contributed by atoms with E-state index in [-0.39, 0.29) is 5.91 Å². The van der Waals surface area contributed by atoms with E-state index >= 15 is 0 Å². The van der Waals surface area contributed by atoms with Gasteiger partial charge in [-0.25, -0.2) is 4.98 Å². The van der Waals surface area contributed by atoms with Crippen molar-refractivity contribution < 1.29 is 4.79 Å². The van der Waals surface area contributed by atoms with E-state index < -0.39 is 0 Å². The maximum Gasteiger partial charge on any atom is 0.272 e. The molecule has 4 rings (SSSR count). The van der Waals surface area contributed by atoms with Gasteiger partial charge in [-0.15, -0.1) is 0 Å². The Morgan fingerprint density at radius 3 is 2.64 bits per heavy atom. The lowest BCUT2D eigenvalue weighted by Gasteiger charge is -2.20. The van der Waals surface area contributed by atoms with Crippen molar-refractivity contribution in [3.8, 4) is 11.3 Å². The van der Waals surface area contributed by atoms with Gasteiger partial charge in [-0.05, 0) is 13.3 Å². The van der Waals surface area contributed by atoms with Crippen molar-refractivity contribution in [2.45, 2.75) is 19.8 Å². The van der Waals surface area contributed by atoms with Crippen molar-refractivity contribution in [2.75, 3.05) is 13.1 Å². The molecule has 0 bridgehead atoms. The second kappa shape index (κ2) is 6.20. The standard InChI is InChI=1S/C19H21N5O/c1-13-18(23(2)12-20-13)19(25)24-10-8-15-16(9-11-24)21-22-17(15)14-6-4-3-5-7-14/h3-7,12H,8-11H2,1-2H3,(H,21,22). The minimum atomic E-state index is 0.0527. The lowest BCUT2D eigenvalue weighted by molar-refractivity contribution is 0.0752. The van der Waals surface area contributed by atoms with Gasteiger partial charge in [0.05, 0.1) is 17.7 Å². The Labute approximate surface area is 146 Å². The van der Waals surface area contributed by atoms with Crippen molar-refractivity contribution in [1.82, 2.24) is 24.6 Å². The molecule has 0 aliphatic carbocycles. The number of amides is 1. The molecule has 25 heavy (non-hydrogen) atoms. The fraction of sp³-hybridized carbons (Fsp3) is 0.316. The number of carbonyl (C=O) groups is 1. The van der Waals surface area contributed by atoms with E-state index in [1.807, 2.05) is 37.1 Å². The minimum Gasteiger partial charge on any atom is -0.337 e. The predicted molar refractivity (Wildman–Crippen MR) is 95.3 cm³/mol. The van der Waals surface area contributed by atoms with Crippen molar-refractivity contribution in [3.05, 3.63) is 59.3 Å². The summed E-state index contributed by atoms with van der Waals surface area (Å²) in [4.78, 5) is 19.1. The largest absolute Gasteiger partial charge is 0.337 e. The molecule has 128 valence electrons. The molecule has 0 saturated heterocycles. The maximum atomic E-state index is 12.9. The predicted octanol–water partition coefficient (Wildman–Crippen LogP) is 2.36. The Kier molecular flexibility index (Phi) is 3.87. The molecular formula is C19H21N5O. The lowest BCUT2D eigenvalue weighted by Crippen LogP contribution is -2.35. The van der Waals surface area contributed by atoms with Crippen molar-refractivity contribution >= 4 is 5.91 Å².